The molecule has 1 amide bonds. The summed E-state index contributed by atoms with van der Waals surface area (Å²) in [5.74, 6) is -0.374. The summed E-state index contributed by atoms with van der Waals surface area (Å²) < 4.78 is 2.09. The largest absolute Gasteiger partial charge is 0.383 e. The van der Waals surface area contributed by atoms with Gasteiger partial charge in [-0.15, -0.1) is 0 Å². The Bertz CT molecular complexity index is 848. The van der Waals surface area contributed by atoms with E-state index in [-0.39, 0.29) is 11.4 Å². The number of primary amides is 1. The molecule has 0 aliphatic rings. The summed E-state index contributed by atoms with van der Waals surface area (Å²) in [7, 11) is 0. The molecule has 3 rings (SSSR count). The summed E-state index contributed by atoms with van der Waals surface area (Å²) in [6.07, 6.45) is 0. The van der Waals surface area contributed by atoms with Crippen LogP contribution >= 0.6 is 0 Å². The first-order valence-electron chi connectivity index (χ1n) is 6.51. The molecule has 20 heavy (non-hydrogen) atoms. The van der Waals surface area contributed by atoms with Crippen molar-refractivity contribution in [1.82, 2.24) is 9.55 Å². The lowest BCUT2D eigenvalue weighted by Gasteiger charge is -2.04. The van der Waals surface area contributed by atoms with Crippen molar-refractivity contribution in [1.29, 1.82) is 0 Å². The Labute approximate surface area is 116 Å². The van der Waals surface area contributed by atoms with Crippen LogP contribution in [-0.2, 0) is 6.54 Å². The van der Waals surface area contributed by atoms with Crippen LogP contribution in [0.15, 0.2) is 24.3 Å². The van der Waals surface area contributed by atoms with Crippen LogP contribution in [0.1, 0.15) is 22.8 Å². The van der Waals surface area contributed by atoms with E-state index in [2.05, 4.69) is 34.7 Å². The summed E-state index contributed by atoms with van der Waals surface area (Å²) in [6.45, 7) is 4.87. The van der Waals surface area contributed by atoms with Crippen LogP contribution in [-0.4, -0.2) is 15.5 Å². The highest BCUT2D eigenvalue weighted by Crippen LogP contribution is 2.30. The number of hydrogen-bond donors (Lipinski definition) is 2. The van der Waals surface area contributed by atoms with E-state index in [1.54, 1.807) is 6.07 Å². The van der Waals surface area contributed by atoms with Crippen LogP contribution in [0.3, 0.4) is 0 Å². The number of benzene rings is 1. The summed E-state index contributed by atoms with van der Waals surface area (Å²) in [6, 6.07) is 7.96. The number of hydrogen-bond acceptors (Lipinski definition) is 3. The van der Waals surface area contributed by atoms with Gasteiger partial charge in [-0.3, -0.25) is 4.79 Å². The fourth-order valence-corrected chi connectivity index (χ4v) is 2.65. The maximum atomic E-state index is 11.4. The van der Waals surface area contributed by atoms with E-state index in [4.69, 9.17) is 11.5 Å². The number of nitrogen functional groups attached to an aromatic ring is 1. The summed E-state index contributed by atoms with van der Waals surface area (Å²) in [4.78, 5) is 15.8. The minimum atomic E-state index is -0.554. The topological polar surface area (TPSA) is 86.9 Å². The molecule has 0 fully saturated rings. The highest BCUT2D eigenvalue weighted by Gasteiger charge is 2.16. The van der Waals surface area contributed by atoms with Gasteiger partial charge in [0.2, 0.25) is 0 Å². The second-order valence-electron chi connectivity index (χ2n) is 4.92. The molecule has 0 aliphatic carbocycles. The maximum Gasteiger partial charge on any atom is 0.252 e. The molecule has 0 atom stereocenters. The monoisotopic (exact) mass is 268 g/mol. The van der Waals surface area contributed by atoms with Crippen molar-refractivity contribution in [3.63, 3.8) is 0 Å². The number of amides is 1. The van der Waals surface area contributed by atoms with Gasteiger partial charge in [0.15, 0.2) is 0 Å². The van der Waals surface area contributed by atoms with Crippen molar-refractivity contribution in [2.24, 2.45) is 5.73 Å². The molecule has 0 bridgehead atoms. The smallest absolute Gasteiger partial charge is 0.252 e. The molecule has 1 aromatic carbocycles. The zero-order valence-corrected chi connectivity index (χ0v) is 11.5. The maximum absolute atomic E-state index is 11.4. The fraction of sp³-hybridized carbons (Fsp3) is 0.200. The van der Waals surface area contributed by atoms with Gasteiger partial charge in [-0.05, 0) is 32.0 Å². The van der Waals surface area contributed by atoms with Crippen LogP contribution in [0.25, 0.3) is 21.9 Å². The van der Waals surface area contributed by atoms with Gasteiger partial charge in [0, 0.05) is 17.3 Å². The Morgan fingerprint density at radius 2 is 2.05 bits per heavy atom. The average molecular weight is 268 g/mol. The quantitative estimate of drug-likeness (QED) is 0.747. The normalized spacial score (nSPS) is 11.3. The van der Waals surface area contributed by atoms with Crippen LogP contribution in [0, 0.1) is 6.92 Å². The van der Waals surface area contributed by atoms with Gasteiger partial charge in [0.05, 0.1) is 11.1 Å². The molecule has 5 nitrogen and oxygen atoms in total. The van der Waals surface area contributed by atoms with E-state index in [1.807, 2.05) is 6.92 Å². The average Bonchev–Trinajstić information content (AvgIpc) is 2.69. The molecule has 3 aromatic rings. The first-order chi connectivity index (χ1) is 9.52. The lowest BCUT2D eigenvalue weighted by atomic mass is 10.1. The predicted molar refractivity (Wildman–Crippen MR) is 80.6 cm³/mol. The zero-order chi connectivity index (χ0) is 14.4. The Morgan fingerprint density at radius 3 is 2.70 bits per heavy atom. The third kappa shape index (κ3) is 1.63. The van der Waals surface area contributed by atoms with Gasteiger partial charge in [-0.2, -0.15) is 0 Å². The third-order valence-corrected chi connectivity index (χ3v) is 3.60. The fourth-order valence-electron chi connectivity index (χ4n) is 2.65. The summed E-state index contributed by atoms with van der Waals surface area (Å²) in [5, 5.41) is 1.98. The molecule has 5 heteroatoms. The van der Waals surface area contributed by atoms with Crippen molar-refractivity contribution >= 4 is 33.7 Å². The van der Waals surface area contributed by atoms with Gasteiger partial charge < -0.3 is 16.0 Å². The van der Waals surface area contributed by atoms with Gasteiger partial charge in [0.1, 0.15) is 11.5 Å². The summed E-state index contributed by atoms with van der Waals surface area (Å²) in [5.41, 5.74) is 14.5. The number of aromatic nitrogens is 2. The number of fused-ring (bicyclic) bond motifs is 3. The van der Waals surface area contributed by atoms with Gasteiger partial charge >= 0.3 is 0 Å². The van der Waals surface area contributed by atoms with Crippen molar-refractivity contribution < 1.29 is 4.79 Å². The number of carbonyl (C=O) groups excluding carboxylic acids is 1. The highest BCUT2D eigenvalue weighted by atomic mass is 16.1. The molecular weight excluding hydrogens is 252 g/mol. The highest BCUT2D eigenvalue weighted by molar-refractivity contribution is 6.10. The van der Waals surface area contributed by atoms with Gasteiger partial charge in [-0.1, -0.05) is 11.6 Å². The SMILES string of the molecule is CCn1c2ccc(C)cc2c2cc(C(N)=O)c(N)nc21. The molecule has 0 saturated heterocycles. The first kappa shape index (κ1) is 12.5. The van der Waals surface area contributed by atoms with Crippen molar-refractivity contribution in [3.05, 3.63) is 35.4 Å². The molecule has 102 valence electrons. The van der Waals surface area contributed by atoms with Crippen LogP contribution in [0.2, 0.25) is 0 Å². The second kappa shape index (κ2) is 4.23. The lowest BCUT2D eigenvalue weighted by Crippen LogP contribution is -2.14. The number of pyridine rings is 1. The van der Waals surface area contributed by atoms with E-state index in [9.17, 15) is 4.79 Å². The standard InChI is InChI=1S/C15H16N4O/c1-3-19-12-5-4-8(2)6-9(12)10-7-11(14(17)20)13(16)18-15(10)19/h4-7H,3H2,1-2H3,(H2,16,18)(H2,17,20). The Hall–Kier alpha value is -2.56. The zero-order valence-electron chi connectivity index (χ0n) is 11.5. The Morgan fingerprint density at radius 1 is 1.30 bits per heavy atom. The number of carbonyl (C=O) groups is 1. The molecule has 0 radical (unpaired) electrons. The van der Waals surface area contributed by atoms with Crippen molar-refractivity contribution in [2.45, 2.75) is 20.4 Å². The van der Waals surface area contributed by atoms with Crippen molar-refractivity contribution in [2.75, 3.05) is 5.73 Å². The van der Waals surface area contributed by atoms with Crippen molar-refractivity contribution in [3.8, 4) is 0 Å². The van der Waals surface area contributed by atoms with Gasteiger partial charge in [-0.25, -0.2) is 4.98 Å². The molecule has 0 unspecified atom stereocenters. The molecular formula is C15H16N4O. The summed E-state index contributed by atoms with van der Waals surface area (Å²) >= 11 is 0. The predicted octanol–water partition coefficient (Wildman–Crippen LogP) is 2.20. The second-order valence-corrected chi connectivity index (χ2v) is 4.92. The van der Waals surface area contributed by atoms with Gasteiger partial charge in [0.25, 0.3) is 5.91 Å². The van der Waals surface area contributed by atoms with E-state index in [0.29, 0.717) is 0 Å². The molecule has 2 heterocycles. The van der Waals surface area contributed by atoms with E-state index >= 15 is 0 Å². The van der Waals surface area contributed by atoms with E-state index in [1.165, 1.54) is 0 Å². The van der Waals surface area contributed by atoms with Crippen LogP contribution in [0.4, 0.5) is 5.82 Å². The first-order valence-corrected chi connectivity index (χ1v) is 6.51. The Balaban J connectivity index is 2.53. The third-order valence-electron chi connectivity index (χ3n) is 3.60. The number of anilines is 1. The molecule has 0 saturated carbocycles. The number of nitrogens with two attached hydrogens (primary N) is 2. The van der Waals surface area contributed by atoms with E-state index < -0.39 is 5.91 Å². The minimum Gasteiger partial charge on any atom is -0.383 e. The number of rotatable bonds is 2. The van der Waals surface area contributed by atoms with Crippen LogP contribution < -0.4 is 11.5 Å². The minimum absolute atomic E-state index is 0.180. The molecule has 4 N–H and O–H groups in total. The number of aryl methyl sites for hydroxylation is 2. The molecule has 0 aliphatic heterocycles. The van der Waals surface area contributed by atoms with Crippen LogP contribution in [0.5, 0.6) is 0 Å². The molecule has 0 spiro atoms. The Kier molecular flexibility index (Phi) is 2.64. The lowest BCUT2D eigenvalue weighted by molar-refractivity contribution is 0.100. The van der Waals surface area contributed by atoms with E-state index in [0.717, 1.165) is 34.0 Å². The molecule has 2 aromatic heterocycles. The number of nitrogens with zero attached hydrogens (tertiary/aromatic N) is 2.